The number of carbonyl (C=O) groups is 2. The van der Waals surface area contributed by atoms with E-state index in [2.05, 4.69) is 27.4 Å². The molecule has 5 rings (SSSR count). The molecule has 0 spiro atoms. The van der Waals surface area contributed by atoms with Crippen LogP contribution in [0.15, 0.2) is 48.7 Å². The van der Waals surface area contributed by atoms with Gasteiger partial charge in [-0.25, -0.2) is 9.97 Å². The Morgan fingerprint density at radius 3 is 2.85 bits per heavy atom. The number of aliphatic hydroxyl groups is 1. The van der Waals surface area contributed by atoms with Gasteiger partial charge in [0.25, 0.3) is 5.91 Å². The lowest BCUT2D eigenvalue weighted by molar-refractivity contribution is -0.132. The molecule has 10 heteroatoms. The Labute approximate surface area is 239 Å². The highest BCUT2D eigenvalue weighted by molar-refractivity contribution is 6.33. The van der Waals surface area contributed by atoms with Crippen molar-refractivity contribution < 1.29 is 14.7 Å². The van der Waals surface area contributed by atoms with Crippen molar-refractivity contribution >= 4 is 29.4 Å². The summed E-state index contributed by atoms with van der Waals surface area (Å²) in [6, 6.07) is 13.8. The van der Waals surface area contributed by atoms with E-state index in [1.54, 1.807) is 11.0 Å². The van der Waals surface area contributed by atoms with Crippen LogP contribution in [-0.4, -0.2) is 75.5 Å². The maximum atomic E-state index is 13.4. The Hall–Kier alpha value is -3.53. The molecular weight excluding hydrogens is 528 g/mol. The molecule has 3 aromatic rings. The van der Waals surface area contributed by atoms with Crippen LogP contribution in [0, 0.1) is 0 Å². The lowest BCUT2D eigenvalue weighted by Gasteiger charge is -2.26. The molecule has 2 aromatic carbocycles. The number of aromatic nitrogens is 2. The van der Waals surface area contributed by atoms with E-state index in [-0.39, 0.29) is 36.9 Å². The zero-order chi connectivity index (χ0) is 28.2. The fraction of sp³-hybridized carbons (Fsp3) is 0.400. The van der Waals surface area contributed by atoms with Crippen LogP contribution < -0.4 is 11.1 Å². The van der Waals surface area contributed by atoms with Gasteiger partial charge in [0.15, 0.2) is 0 Å². The lowest BCUT2D eigenvalue weighted by atomic mass is 9.94. The number of nitrogens with one attached hydrogen (secondary N) is 1. The van der Waals surface area contributed by atoms with Crippen LogP contribution in [0.25, 0.3) is 11.3 Å². The highest BCUT2D eigenvalue weighted by Gasteiger charge is 2.32. The molecule has 0 aliphatic carbocycles. The van der Waals surface area contributed by atoms with Gasteiger partial charge in [-0.05, 0) is 42.0 Å². The number of fused-ring (bicyclic) bond motifs is 2. The second-order valence-electron chi connectivity index (χ2n) is 10.4. The summed E-state index contributed by atoms with van der Waals surface area (Å²) in [5.41, 5.74) is 11.1. The number of hydrogen-bond acceptors (Lipinski definition) is 7. The molecule has 9 nitrogen and oxygen atoms in total. The smallest absolute Gasteiger partial charge is 0.254 e. The Morgan fingerprint density at radius 1 is 1.25 bits per heavy atom. The third-order valence-corrected chi connectivity index (χ3v) is 8.14. The first-order valence-electron chi connectivity index (χ1n) is 13.8. The number of benzene rings is 2. The van der Waals surface area contributed by atoms with Crippen molar-refractivity contribution in [3.8, 4) is 11.3 Å². The van der Waals surface area contributed by atoms with Crippen LogP contribution in [0.3, 0.4) is 0 Å². The van der Waals surface area contributed by atoms with Crippen LogP contribution in [0.2, 0.25) is 5.02 Å². The minimum atomic E-state index is -0.184. The van der Waals surface area contributed by atoms with Crippen molar-refractivity contribution in [2.45, 2.75) is 44.7 Å². The van der Waals surface area contributed by atoms with E-state index < -0.39 is 0 Å². The number of rotatable bonds is 9. The van der Waals surface area contributed by atoms with E-state index >= 15 is 0 Å². The fourth-order valence-corrected chi connectivity index (χ4v) is 5.75. The number of halogens is 1. The lowest BCUT2D eigenvalue weighted by Crippen LogP contribution is -2.43. The summed E-state index contributed by atoms with van der Waals surface area (Å²) in [5.74, 6) is 0.228. The van der Waals surface area contributed by atoms with Gasteiger partial charge in [0, 0.05) is 55.9 Å². The predicted molar refractivity (Wildman–Crippen MR) is 155 cm³/mol. The van der Waals surface area contributed by atoms with Gasteiger partial charge in [-0.3, -0.25) is 9.59 Å². The van der Waals surface area contributed by atoms with Crippen LogP contribution in [0.4, 0.5) is 5.95 Å². The summed E-state index contributed by atoms with van der Waals surface area (Å²) in [7, 11) is 0. The zero-order valence-electron chi connectivity index (χ0n) is 22.6. The molecule has 2 aliphatic rings. The molecule has 1 aromatic heterocycles. The van der Waals surface area contributed by atoms with Gasteiger partial charge in [-0.15, -0.1) is 0 Å². The number of carbonyl (C=O) groups excluding carboxylic acids is 2. The van der Waals surface area contributed by atoms with Gasteiger partial charge in [0.1, 0.15) is 6.54 Å². The SMILES string of the molecule is CCC(CCO)Nc1ncc(Cl)c(-c2ccc3c(c2)C(=O)N(CC(=O)N2CCc4ccccc4C(CN)C2)C3)n1. The Bertz CT molecular complexity index is 1400. The van der Waals surface area contributed by atoms with Gasteiger partial charge in [-0.2, -0.15) is 0 Å². The van der Waals surface area contributed by atoms with Gasteiger partial charge in [-0.1, -0.05) is 54.9 Å². The van der Waals surface area contributed by atoms with Gasteiger partial charge < -0.3 is 26.0 Å². The fourth-order valence-electron chi connectivity index (χ4n) is 5.55. The summed E-state index contributed by atoms with van der Waals surface area (Å²) in [4.78, 5) is 39.1. The minimum Gasteiger partial charge on any atom is -0.396 e. The first kappa shape index (κ1) is 28.0. The summed E-state index contributed by atoms with van der Waals surface area (Å²) >= 11 is 6.46. The van der Waals surface area contributed by atoms with E-state index in [0.717, 1.165) is 18.4 Å². The quantitative estimate of drug-likeness (QED) is 0.365. The van der Waals surface area contributed by atoms with E-state index in [1.807, 2.05) is 36.1 Å². The average molecular weight is 563 g/mol. The molecule has 0 bridgehead atoms. The van der Waals surface area contributed by atoms with Crippen molar-refractivity contribution in [3.05, 3.63) is 75.9 Å². The van der Waals surface area contributed by atoms with Crippen molar-refractivity contribution in [3.63, 3.8) is 0 Å². The molecule has 0 fully saturated rings. The number of hydrogen-bond donors (Lipinski definition) is 3. The number of aliphatic hydroxyl groups excluding tert-OH is 1. The highest BCUT2D eigenvalue weighted by atomic mass is 35.5. The first-order valence-corrected chi connectivity index (χ1v) is 14.2. The monoisotopic (exact) mass is 562 g/mol. The molecule has 0 saturated carbocycles. The van der Waals surface area contributed by atoms with Gasteiger partial charge in [0.2, 0.25) is 11.9 Å². The van der Waals surface area contributed by atoms with E-state index in [9.17, 15) is 14.7 Å². The summed E-state index contributed by atoms with van der Waals surface area (Å²) in [6.45, 7) is 4.09. The Morgan fingerprint density at radius 2 is 2.08 bits per heavy atom. The second-order valence-corrected chi connectivity index (χ2v) is 10.8. The highest BCUT2D eigenvalue weighted by Crippen LogP contribution is 2.32. The summed E-state index contributed by atoms with van der Waals surface area (Å²) in [5, 5.41) is 12.9. The third kappa shape index (κ3) is 5.82. The van der Waals surface area contributed by atoms with Crippen LogP contribution >= 0.6 is 11.6 Å². The molecule has 0 radical (unpaired) electrons. The van der Waals surface area contributed by atoms with Crippen LogP contribution in [0.5, 0.6) is 0 Å². The van der Waals surface area contributed by atoms with Gasteiger partial charge >= 0.3 is 0 Å². The van der Waals surface area contributed by atoms with Crippen molar-refractivity contribution in [1.29, 1.82) is 0 Å². The second kappa shape index (κ2) is 12.3. The molecule has 2 unspecified atom stereocenters. The predicted octanol–water partition coefficient (Wildman–Crippen LogP) is 3.45. The maximum Gasteiger partial charge on any atom is 0.254 e. The molecule has 2 amide bonds. The molecule has 0 saturated heterocycles. The number of anilines is 1. The zero-order valence-corrected chi connectivity index (χ0v) is 23.4. The average Bonchev–Trinajstić information content (AvgIpc) is 3.15. The molecule has 4 N–H and O–H groups in total. The standard InChI is InChI=1S/C30H35ClN6O3/c1-2-23(10-12-38)34-30-33-15-26(31)28(35-30)20-7-8-21-16-37(29(40)25(21)13-20)18-27(39)36-11-9-19-5-3-4-6-24(19)22(14-32)17-36/h3-8,13,15,22-23,38H,2,9-12,14,16-18,32H2,1H3,(H,33,34,35). The molecule has 2 atom stereocenters. The van der Waals surface area contributed by atoms with Gasteiger partial charge in [0.05, 0.1) is 16.9 Å². The minimum absolute atomic E-state index is 0.0160. The Kier molecular flexibility index (Phi) is 8.63. The Balaban J connectivity index is 1.30. The van der Waals surface area contributed by atoms with Crippen molar-refractivity contribution in [1.82, 2.24) is 19.8 Å². The molecule has 3 heterocycles. The molecule has 210 valence electrons. The number of amides is 2. The molecular formula is C30H35ClN6O3. The normalized spacial score (nSPS) is 17.3. The number of nitrogens with two attached hydrogens (primary N) is 1. The maximum absolute atomic E-state index is 13.4. The largest absolute Gasteiger partial charge is 0.396 e. The van der Waals surface area contributed by atoms with Crippen LogP contribution in [0.1, 0.15) is 52.7 Å². The molecule has 40 heavy (non-hydrogen) atoms. The third-order valence-electron chi connectivity index (χ3n) is 7.86. The van der Waals surface area contributed by atoms with Crippen molar-refractivity contribution in [2.75, 3.05) is 38.1 Å². The summed E-state index contributed by atoms with van der Waals surface area (Å²) in [6.07, 6.45) is 3.69. The van der Waals surface area contributed by atoms with E-state index in [0.29, 0.717) is 60.4 Å². The van der Waals surface area contributed by atoms with Crippen molar-refractivity contribution in [2.24, 2.45) is 5.73 Å². The number of nitrogens with zero attached hydrogens (tertiary/aromatic N) is 4. The summed E-state index contributed by atoms with van der Waals surface area (Å²) < 4.78 is 0. The first-order chi connectivity index (χ1) is 19.4. The van der Waals surface area contributed by atoms with Crippen LogP contribution in [-0.2, 0) is 17.8 Å². The van der Waals surface area contributed by atoms with E-state index in [4.69, 9.17) is 17.3 Å². The van der Waals surface area contributed by atoms with E-state index in [1.165, 1.54) is 17.3 Å². The molecule has 2 aliphatic heterocycles. The topological polar surface area (TPSA) is 125 Å².